The molecule has 1 aromatic rings. The van der Waals surface area contributed by atoms with Crippen LogP contribution in [0.15, 0.2) is 24.3 Å². The monoisotopic (exact) mass is 345 g/mol. The summed E-state index contributed by atoms with van der Waals surface area (Å²) in [6, 6.07) is 6.02. The third kappa shape index (κ3) is 4.44. The number of hydrogen-bond donors (Lipinski definition) is 1. The third-order valence-electron chi connectivity index (χ3n) is 3.95. The number of hydrogen-bond acceptors (Lipinski definition) is 3. The Labute approximate surface area is 140 Å². The molecule has 0 aromatic heterocycles. The lowest BCUT2D eigenvalue weighted by Gasteiger charge is -2.27. The zero-order valence-corrected chi connectivity index (χ0v) is 14.9. The predicted molar refractivity (Wildman–Crippen MR) is 88.8 cm³/mol. The quantitative estimate of drug-likeness (QED) is 0.818. The van der Waals surface area contributed by atoms with Crippen molar-refractivity contribution >= 4 is 11.4 Å². The second kappa shape index (κ2) is 7.05. The zero-order valence-electron chi connectivity index (χ0n) is 14.1. The number of ether oxygens (including phenoxy) is 1. The Morgan fingerprint density at radius 3 is 2.61 bits per heavy atom. The van der Waals surface area contributed by atoms with E-state index in [1.807, 2.05) is 27.7 Å². The SMILES string of the molecule is C[C@@H](N[S+]([O-])C(C)(C)C)c1cccc(C(F)(F)C2CCCO2)c1. The number of nitrogens with one attached hydrogen (secondary N) is 1. The van der Waals surface area contributed by atoms with Gasteiger partial charge in [-0.15, -0.1) is 4.72 Å². The summed E-state index contributed by atoms with van der Waals surface area (Å²) >= 11 is -1.26. The first-order valence-corrected chi connectivity index (χ1v) is 9.05. The molecule has 0 amide bonds. The molecule has 1 saturated heterocycles. The Hall–Kier alpha value is -0.690. The Morgan fingerprint density at radius 1 is 1.35 bits per heavy atom. The zero-order chi connectivity index (χ0) is 17.3. The molecule has 1 aliphatic heterocycles. The van der Waals surface area contributed by atoms with Crippen LogP contribution in [0.1, 0.15) is 57.7 Å². The fraction of sp³-hybridized carbons (Fsp3) is 0.647. The molecule has 0 aliphatic carbocycles. The van der Waals surface area contributed by atoms with E-state index in [9.17, 15) is 13.3 Å². The maximum atomic E-state index is 14.6. The van der Waals surface area contributed by atoms with Gasteiger partial charge < -0.3 is 9.29 Å². The van der Waals surface area contributed by atoms with Crippen LogP contribution in [0.3, 0.4) is 0 Å². The summed E-state index contributed by atoms with van der Waals surface area (Å²) in [5.41, 5.74) is 0.648. The Morgan fingerprint density at radius 2 is 2.04 bits per heavy atom. The van der Waals surface area contributed by atoms with Gasteiger partial charge in [0.1, 0.15) is 10.9 Å². The average Bonchev–Trinajstić information content (AvgIpc) is 3.01. The Balaban J connectivity index is 2.16. The van der Waals surface area contributed by atoms with Gasteiger partial charge in [0, 0.05) is 23.5 Å². The maximum Gasteiger partial charge on any atom is 0.298 e. The van der Waals surface area contributed by atoms with Crippen molar-refractivity contribution in [3.63, 3.8) is 0 Å². The van der Waals surface area contributed by atoms with E-state index in [1.165, 1.54) is 12.1 Å². The van der Waals surface area contributed by atoms with Crippen LogP contribution < -0.4 is 4.72 Å². The van der Waals surface area contributed by atoms with Crippen LogP contribution in [0.4, 0.5) is 8.78 Å². The van der Waals surface area contributed by atoms with Crippen molar-refractivity contribution in [2.24, 2.45) is 0 Å². The van der Waals surface area contributed by atoms with Crippen LogP contribution in [0.25, 0.3) is 0 Å². The third-order valence-corrected chi connectivity index (χ3v) is 5.63. The van der Waals surface area contributed by atoms with Gasteiger partial charge in [0.2, 0.25) is 0 Å². The molecule has 1 aromatic carbocycles. The molecule has 0 radical (unpaired) electrons. The van der Waals surface area contributed by atoms with E-state index in [2.05, 4.69) is 4.72 Å². The van der Waals surface area contributed by atoms with E-state index in [0.29, 0.717) is 25.0 Å². The summed E-state index contributed by atoms with van der Waals surface area (Å²) in [6.45, 7) is 7.82. The van der Waals surface area contributed by atoms with Crippen LogP contribution >= 0.6 is 0 Å². The van der Waals surface area contributed by atoms with Crippen molar-refractivity contribution in [2.45, 2.75) is 63.4 Å². The number of rotatable bonds is 5. The van der Waals surface area contributed by atoms with Crippen LogP contribution in [0.5, 0.6) is 0 Å². The molecule has 2 unspecified atom stereocenters. The summed E-state index contributed by atoms with van der Waals surface area (Å²) in [5, 5.41) is 0. The molecule has 0 bridgehead atoms. The first-order valence-electron chi connectivity index (χ1n) is 7.90. The lowest BCUT2D eigenvalue weighted by atomic mass is 9.97. The molecular formula is C17H25F2NO2S. The molecule has 3 nitrogen and oxygen atoms in total. The average molecular weight is 345 g/mol. The molecule has 23 heavy (non-hydrogen) atoms. The molecule has 3 atom stereocenters. The van der Waals surface area contributed by atoms with Gasteiger partial charge in [-0.2, -0.15) is 8.78 Å². The second-order valence-corrected chi connectivity index (χ2v) is 8.97. The van der Waals surface area contributed by atoms with E-state index < -0.39 is 28.1 Å². The Bertz CT molecular complexity index is 528. The van der Waals surface area contributed by atoms with Crippen LogP contribution in [0.2, 0.25) is 0 Å². The van der Waals surface area contributed by atoms with Crippen LogP contribution in [-0.2, 0) is 22.0 Å². The summed E-state index contributed by atoms with van der Waals surface area (Å²) in [4.78, 5) is 0. The molecule has 0 spiro atoms. The maximum absolute atomic E-state index is 14.6. The smallest absolute Gasteiger partial charge is 0.298 e. The minimum Gasteiger partial charge on any atom is -0.598 e. The Kier molecular flexibility index (Phi) is 5.72. The lowest BCUT2D eigenvalue weighted by molar-refractivity contribution is -0.122. The van der Waals surface area contributed by atoms with E-state index in [1.54, 1.807) is 12.1 Å². The van der Waals surface area contributed by atoms with Gasteiger partial charge in [0.15, 0.2) is 0 Å². The molecule has 1 fully saturated rings. The molecule has 130 valence electrons. The first kappa shape index (κ1) is 18.6. The summed E-state index contributed by atoms with van der Waals surface area (Å²) in [5.74, 6) is -3.00. The topological polar surface area (TPSA) is 44.3 Å². The van der Waals surface area contributed by atoms with Gasteiger partial charge in [-0.1, -0.05) is 18.2 Å². The van der Waals surface area contributed by atoms with Crippen molar-refractivity contribution in [3.8, 4) is 0 Å². The van der Waals surface area contributed by atoms with E-state index in [4.69, 9.17) is 4.74 Å². The molecular weight excluding hydrogens is 320 g/mol. The summed E-state index contributed by atoms with van der Waals surface area (Å²) in [7, 11) is 0. The van der Waals surface area contributed by atoms with Gasteiger partial charge in [-0.25, -0.2) is 0 Å². The van der Waals surface area contributed by atoms with Gasteiger partial charge in [-0.3, -0.25) is 0 Å². The minimum absolute atomic E-state index is 0.0444. The fourth-order valence-electron chi connectivity index (χ4n) is 2.47. The molecule has 1 heterocycles. The summed E-state index contributed by atoms with van der Waals surface area (Å²) in [6.07, 6.45) is -0.00799. The lowest BCUT2D eigenvalue weighted by Crippen LogP contribution is -2.40. The highest BCUT2D eigenvalue weighted by Gasteiger charge is 2.44. The van der Waals surface area contributed by atoms with Crippen molar-refractivity contribution in [1.29, 1.82) is 0 Å². The van der Waals surface area contributed by atoms with Crippen LogP contribution in [0, 0.1) is 0 Å². The number of benzene rings is 1. The highest BCUT2D eigenvalue weighted by atomic mass is 32.2. The van der Waals surface area contributed by atoms with Crippen molar-refractivity contribution < 1.29 is 18.1 Å². The molecule has 0 saturated carbocycles. The molecule has 6 heteroatoms. The highest BCUT2D eigenvalue weighted by Crippen LogP contribution is 2.38. The van der Waals surface area contributed by atoms with E-state index >= 15 is 0 Å². The van der Waals surface area contributed by atoms with Gasteiger partial charge in [0.25, 0.3) is 5.92 Å². The normalized spacial score (nSPS) is 22.1. The second-order valence-electron chi connectivity index (χ2n) is 6.97. The minimum atomic E-state index is -3.00. The van der Waals surface area contributed by atoms with Gasteiger partial charge in [0.05, 0.1) is 6.04 Å². The van der Waals surface area contributed by atoms with Crippen molar-refractivity contribution in [1.82, 2.24) is 4.72 Å². The summed E-state index contributed by atoms with van der Waals surface area (Å²) < 4.78 is 49.0. The largest absolute Gasteiger partial charge is 0.598 e. The fourth-order valence-corrected chi connectivity index (χ4v) is 3.28. The van der Waals surface area contributed by atoms with Gasteiger partial charge >= 0.3 is 0 Å². The van der Waals surface area contributed by atoms with E-state index in [-0.39, 0.29) is 11.6 Å². The van der Waals surface area contributed by atoms with Crippen molar-refractivity contribution in [3.05, 3.63) is 35.4 Å². The van der Waals surface area contributed by atoms with E-state index in [0.717, 1.165) is 0 Å². The molecule has 1 N–H and O–H groups in total. The number of alkyl halides is 2. The number of halogens is 2. The first-order chi connectivity index (χ1) is 10.6. The predicted octanol–water partition coefficient (Wildman–Crippen LogP) is 4.07. The van der Waals surface area contributed by atoms with Gasteiger partial charge in [-0.05, 0) is 52.2 Å². The molecule has 2 rings (SSSR count). The molecule has 1 aliphatic rings. The standard InChI is InChI=1S/C17H25F2NO2S/c1-12(20-23(21)16(2,3)4)13-7-5-8-14(11-13)17(18,19)15-9-6-10-22-15/h5,7-8,11-12,15,20H,6,9-10H2,1-4H3/t12-,15?,23?/m1/s1. The van der Waals surface area contributed by atoms with Crippen molar-refractivity contribution in [2.75, 3.05) is 6.61 Å². The highest BCUT2D eigenvalue weighted by molar-refractivity contribution is 7.90. The van der Waals surface area contributed by atoms with Crippen LogP contribution in [-0.4, -0.2) is 22.0 Å².